The van der Waals surface area contributed by atoms with Crippen LogP contribution in [0, 0.1) is 11.3 Å². The average Bonchev–Trinajstić information content (AvgIpc) is 2.53. The van der Waals surface area contributed by atoms with E-state index in [1.54, 1.807) is 26.0 Å². The molecule has 0 saturated heterocycles. The van der Waals surface area contributed by atoms with Crippen LogP contribution in [-0.2, 0) is 20.8 Å². The number of carbonyl (C=O) groups is 1. The Balaban J connectivity index is 2.80. The zero-order valence-electron chi connectivity index (χ0n) is 13.6. The first-order valence-electron chi connectivity index (χ1n) is 7.45. The molecular formula is C17H21ClN2O3. The van der Waals surface area contributed by atoms with Gasteiger partial charge in [-0.3, -0.25) is 0 Å². The number of nitrogens with one attached hydrogen (secondary N) is 1. The summed E-state index contributed by atoms with van der Waals surface area (Å²) in [5.41, 5.74) is 1.50. The van der Waals surface area contributed by atoms with Gasteiger partial charge in [0.2, 0.25) is 6.29 Å². The number of nitriles is 1. The Hall–Kier alpha value is -2.03. The lowest BCUT2D eigenvalue weighted by Gasteiger charge is -2.15. The van der Waals surface area contributed by atoms with Crippen molar-refractivity contribution in [2.24, 2.45) is 0 Å². The van der Waals surface area contributed by atoms with E-state index in [1.807, 2.05) is 25.1 Å². The first-order valence-corrected chi connectivity index (χ1v) is 7.83. The molecule has 6 heteroatoms. The Morgan fingerprint density at radius 1 is 1.35 bits per heavy atom. The lowest BCUT2D eigenvalue weighted by molar-refractivity contribution is -0.168. The van der Waals surface area contributed by atoms with E-state index < -0.39 is 12.3 Å². The van der Waals surface area contributed by atoms with Gasteiger partial charge in [0.25, 0.3) is 0 Å². The molecule has 0 saturated carbocycles. The summed E-state index contributed by atoms with van der Waals surface area (Å²) in [7, 11) is 0. The predicted octanol–water partition coefficient (Wildman–Crippen LogP) is 3.54. The number of benzene rings is 1. The van der Waals surface area contributed by atoms with Crippen molar-refractivity contribution in [3.8, 4) is 6.07 Å². The van der Waals surface area contributed by atoms with Gasteiger partial charge in [-0.25, -0.2) is 4.79 Å². The van der Waals surface area contributed by atoms with Gasteiger partial charge < -0.3 is 14.8 Å². The molecule has 0 aliphatic rings. The summed E-state index contributed by atoms with van der Waals surface area (Å²) in [6, 6.07) is 9.25. The summed E-state index contributed by atoms with van der Waals surface area (Å²) >= 11 is 5.84. The number of esters is 1. The Kier molecular flexibility index (Phi) is 8.17. The molecule has 1 N–H and O–H groups in total. The fourth-order valence-corrected chi connectivity index (χ4v) is 2.04. The minimum Gasteiger partial charge on any atom is -0.432 e. The Bertz CT molecular complexity index is 591. The number of rotatable bonds is 8. The van der Waals surface area contributed by atoms with E-state index in [0.717, 1.165) is 5.56 Å². The number of nitrogens with zero attached hydrogens (tertiary/aromatic N) is 1. The minimum absolute atomic E-state index is 0.0342. The van der Waals surface area contributed by atoms with Gasteiger partial charge in [0, 0.05) is 23.9 Å². The second kappa shape index (κ2) is 9.88. The molecule has 0 heterocycles. The number of halogens is 1. The standard InChI is InChI=1S/C17H21ClN2O3/c1-4-16(20-11-13-6-8-14(18)9-7-13)15(10-19)17(21)23-12(3)22-5-2/h6-9,12,20H,4-5,11H2,1-3H3. The molecule has 0 radical (unpaired) electrons. The molecule has 0 amide bonds. The van der Waals surface area contributed by atoms with E-state index in [1.165, 1.54) is 0 Å². The van der Waals surface area contributed by atoms with Gasteiger partial charge in [0.1, 0.15) is 6.07 Å². The number of hydrogen-bond donors (Lipinski definition) is 1. The van der Waals surface area contributed by atoms with Gasteiger partial charge >= 0.3 is 5.97 Å². The first-order chi connectivity index (χ1) is 11.0. The molecule has 0 aliphatic carbocycles. The highest BCUT2D eigenvalue weighted by Gasteiger charge is 2.18. The highest BCUT2D eigenvalue weighted by molar-refractivity contribution is 6.30. The van der Waals surface area contributed by atoms with Crippen molar-refractivity contribution in [1.82, 2.24) is 5.32 Å². The fourth-order valence-electron chi connectivity index (χ4n) is 1.92. The Morgan fingerprint density at radius 3 is 2.52 bits per heavy atom. The topological polar surface area (TPSA) is 71.3 Å². The van der Waals surface area contributed by atoms with Crippen molar-refractivity contribution in [2.45, 2.75) is 40.0 Å². The van der Waals surface area contributed by atoms with Crippen LogP contribution >= 0.6 is 11.6 Å². The van der Waals surface area contributed by atoms with E-state index in [4.69, 9.17) is 21.1 Å². The summed E-state index contributed by atoms with van der Waals surface area (Å²) in [4.78, 5) is 12.1. The number of ether oxygens (including phenoxy) is 2. The van der Waals surface area contributed by atoms with Crippen LogP contribution in [0.25, 0.3) is 0 Å². The van der Waals surface area contributed by atoms with Gasteiger partial charge in [-0.15, -0.1) is 0 Å². The van der Waals surface area contributed by atoms with Crippen LogP contribution in [0.3, 0.4) is 0 Å². The van der Waals surface area contributed by atoms with Crippen LogP contribution < -0.4 is 5.32 Å². The van der Waals surface area contributed by atoms with Gasteiger partial charge in [0.05, 0.1) is 0 Å². The molecule has 1 aromatic carbocycles. The summed E-state index contributed by atoms with van der Waals surface area (Å²) < 4.78 is 10.2. The molecule has 0 aromatic heterocycles. The van der Waals surface area contributed by atoms with Crippen molar-refractivity contribution >= 4 is 17.6 Å². The van der Waals surface area contributed by atoms with Gasteiger partial charge in [-0.2, -0.15) is 5.26 Å². The lowest BCUT2D eigenvalue weighted by atomic mass is 10.1. The van der Waals surface area contributed by atoms with E-state index in [9.17, 15) is 10.1 Å². The van der Waals surface area contributed by atoms with Crippen molar-refractivity contribution in [3.63, 3.8) is 0 Å². The minimum atomic E-state index is -0.690. The summed E-state index contributed by atoms with van der Waals surface area (Å²) in [6.07, 6.45) is -0.181. The quantitative estimate of drug-likeness (QED) is 0.340. The molecule has 1 aromatic rings. The highest BCUT2D eigenvalue weighted by atomic mass is 35.5. The van der Waals surface area contributed by atoms with Crippen molar-refractivity contribution in [1.29, 1.82) is 5.26 Å². The third-order valence-corrected chi connectivity index (χ3v) is 3.32. The summed E-state index contributed by atoms with van der Waals surface area (Å²) in [5, 5.41) is 13.0. The van der Waals surface area contributed by atoms with E-state index >= 15 is 0 Å². The fraction of sp³-hybridized carbons (Fsp3) is 0.412. The van der Waals surface area contributed by atoms with Crippen LogP contribution in [-0.4, -0.2) is 18.9 Å². The maximum Gasteiger partial charge on any atom is 0.352 e. The highest BCUT2D eigenvalue weighted by Crippen LogP contribution is 2.13. The van der Waals surface area contributed by atoms with Gasteiger partial charge in [-0.05, 0) is 38.0 Å². The molecule has 0 bridgehead atoms. The maximum atomic E-state index is 12.1. The average molecular weight is 337 g/mol. The van der Waals surface area contributed by atoms with Crippen LogP contribution in [0.1, 0.15) is 32.8 Å². The summed E-state index contributed by atoms with van der Waals surface area (Å²) in [5.74, 6) is -0.686. The van der Waals surface area contributed by atoms with Crippen molar-refractivity contribution < 1.29 is 14.3 Å². The van der Waals surface area contributed by atoms with Crippen LogP contribution in [0.2, 0.25) is 5.02 Å². The van der Waals surface area contributed by atoms with E-state index in [0.29, 0.717) is 30.3 Å². The van der Waals surface area contributed by atoms with Crippen LogP contribution in [0.4, 0.5) is 0 Å². The monoisotopic (exact) mass is 336 g/mol. The van der Waals surface area contributed by atoms with Crippen molar-refractivity contribution in [2.75, 3.05) is 6.61 Å². The molecule has 124 valence electrons. The summed E-state index contributed by atoms with van der Waals surface area (Å²) in [6.45, 7) is 6.19. The smallest absolute Gasteiger partial charge is 0.352 e. The molecule has 0 fully saturated rings. The van der Waals surface area contributed by atoms with Crippen LogP contribution in [0.5, 0.6) is 0 Å². The largest absolute Gasteiger partial charge is 0.432 e. The zero-order chi connectivity index (χ0) is 17.2. The number of hydrogen-bond acceptors (Lipinski definition) is 5. The third-order valence-electron chi connectivity index (χ3n) is 3.06. The number of carbonyl (C=O) groups excluding carboxylic acids is 1. The maximum absolute atomic E-state index is 12.1. The molecule has 1 rings (SSSR count). The molecule has 0 aliphatic heterocycles. The number of allylic oxidation sites excluding steroid dienone is 1. The molecule has 1 atom stereocenters. The van der Waals surface area contributed by atoms with Gasteiger partial charge in [0.15, 0.2) is 5.57 Å². The van der Waals surface area contributed by atoms with E-state index in [-0.39, 0.29) is 5.57 Å². The normalized spacial score (nSPS) is 12.8. The van der Waals surface area contributed by atoms with E-state index in [2.05, 4.69) is 5.32 Å². The molecule has 23 heavy (non-hydrogen) atoms. The van der Waals surface area contributed by atoms with Gasteiger partial charge in [-0.1, -0.05) is 30.7 Å². The Labute approximate surface area is 141 Å². The predicted molar refractivity (Wildman–Crippen MR) is 88.4 cm³/mol. The second-order valence-electron chi connectivity index (χ2n) is 4.73. The van der Waals surface area contributed by atoms with Crippen molar-refractivity contribution in [3.05, 3.63) is 46.1 Å². The third kappa shape index (κ3) is 6.31. The molecule has 5 nitrogen and oxygen atoms in total. The Morgan fingerprint density at radius 2 is 2.00 bits per heavy atom. The van der Waals surface area contributed by atoms with Crippen LogP contribution in [0.15, 0.2) is 35.5 Å². The molecule has 0 spiro atoms. The first kappa shape index (κ1) is 19.0. The molecule has 1 unspecified atom stereocenters. The molecular weight excluding hydrogens is 316 g/mol. The zero-order valence-corrected chi connectivity index (χ0v) is 14.3. The SMILES string of the molecule is CCOC(C)OC(=O)C(C#N)=C(CC)NCc1ccc(Cl)cc1. The second-order valence-corrected chi connectivity index (χ2v) is 5.16. The lowest BCUT2D eigenvalue weighted by Crippen LogP contribution is -2.23.